The Morgan fingerprint density at radius 1 is 1.28 bits per heavy atom. The maximum absolute atomic E-state index is 14.9. The van der Waals surface area contributed by atoms with Crippen molar-refractivity contribution in [3.63, 3.8) is 0 Å². The molecule has 6 nitrogen and oxygen atoms in total. The SMILES string of the molecule is C[C@@]1(F)CC(F)(F)[C@]2(Cc3ccc(NC(=O)c4ccc(C#N)cn4)cc32)N=C1N. The molecule has 0 bridgehead atoms. The smallest absolute Gasteiger partial charge is 0.280 e. The van der Waals surface area contributed by atoms with Crippen molar-refractivity contribution in [2.75, 3.05) is 5.32 Å². The third kappa shape index (κ3) is 2.83. The number of aromatic nitrogens is 1. The molecule has 0 unspecified atom stereocenters. The topological polar surface area (TPSA) is 104 Å². The highest BCUT2D eigenvalue weighted by atomic mass is 19.3. The number of nitrogens with two attached hydrogens (primary N) is 1. The Labute approximate surface area is 164 Å². The Morgan fingerprint density at radius 3 is 2.69 bits per heavy atom. The molecule has 0 radical (unpaired) electrons. The average Bonchev–Trinajstić information content (AvgIpc) is 2.65. The van der Waals surface area contributed by atoms with E-state index in [0.717, 1.165) is 6.92 Å². The number of halogens is 3. The van der Waals surface area contributed by atoms with Crippen LogP contribution >= 0.6 is 0 Å². The number of pyridine rings is 1. The van der Waals surface area contributed by atoms with E-state index in [2.05, 4.69) is 15.3 Å². The number of anilines is 1. The number of alkyl halides is 3. The number of nitriles is 1. The van der Waals surface area contributed by atoms with Gasteiger partial charge in [-0.3, -0.25) is 9.79 Å². The van der Waals surface area contributed by atoms with E-state index in [9.17, 15) is 18.0 Å². The normalized spacial score (nSPS) is 26.7. The van der Waals surface area contributed by atoms with E-state index < -0.39 is 35.3 Å². The molecule has 0 fully saturated rings. The van der Waals surface area contributed by atoms with Gasteiger partial charge in [-0.2, -0.15) is 5.26 Å². The molecule has 2 aliphatic rings. The van der Waals surface area contributed by atoms with E-state index >= 15 is 0 Å². The number of fused-ring (bicyclic) bond motifs is 2. The predicted octanol–water partition coefficient (Wildman–Crippen LogP) is 3.08. The molecule has 2 atom stereocenters. The molecule has 4 rings (SSSR count). The fourth-order valence-corrected chi connectivity index (χ4v) is 3.73. The lowest BCUT2D eigenvalue weighted by molar-refractivity contribution is -0.120. The highest BCUT2D eigenvalue weighted by Gasteiger charge is 2.66. The summed E-state index contributed by atoms with van der Waals surface area (Å²) in [4.78, 5) is 20.1. The second-order valence-corrected chi connectivity index (χ2v) is 7.48. The van der Waals surface area contributed by atoms with E-state index in [-0.39, 0.29) is 23.4 Å². The highest BCUT2D eigenvalue weighted by molar-refractivity contribution is 6.03. The van der Waals surface area contributed by atoms with E-state index in [4.69, 9.17) is 11.0 Å². The van der Waals surface area contributed by atoms with Gasteiger partial charge in [0.05, 0.1) is 12.0 Å². The number of hydrogen-bond donors (Lipinski definition) is 2. The first kappa shape index (κ1) is 18.9. The average molecular weight is 399 g/mol. The number of amides is 1. The molecule has 1 aliphatic heterocycles. The minimum atomic E-state index is -3.43. The van der Waals surface area contributed by atoms with E-state index in [0.29, 0.717) is 11.1 Å². The van der Waals surface area contributed by atoms with E-state index in [1.165, 1.54) is 24.4 Å². The van der Waals surface area contributed by atoms with Gasteiger partial charge in [0.2, 0.25) is 0 Å². The number of aliphatic imine (C=N–C) groups is 1. The molecule has 1 aliphatic carbocycles. The van der Waals surface area contributed by atoms with Crippen LogP contribution in [-0.4, -0.2) is 28.3 Å². The molecular formula is C20H16F3N5O. The van der Waals surface area contributed by atoms with Crippen molar-refractivity contribution in [2.24, 2.45) is 10.7 Å². The third-order valence-electron chi connectivity index (χ3n) is 5.39. The molecular weight excluding hydrogens is 383 g/mol. The number of benzene rings is 1. The predicted molar refractivity (Wildman–Crippen MR) is 99.4 cm³/mol. The van der Waals surface area contributed by atoms with Crippen LogP contribution in [-0.2, 0) is 12.0 Å². The zero-order valence-electron chi connectivity index (χ0n) is 15.3. The minimum absolute atomic E-state index is 0.0580. The molecule has 2 aromatic rings. The summed E-state index contributed by atoms with van der Waals surface area (Å²) in [6.07, 6.45) is 0.146. The van der Waals surface area contributed by atoms with Crippen LogP contribution in [0.3, 0.4) is 0 Å². The number of rotatable bonds is 2. The Morgan fingerprint density at radius 2 is 2.03 bits per heavy atom. The molecule has 1 spiro atoms. The lowest BCUT2D eigenvalue weighted by Crippen LogP contribution is -2.61. The van der Waals surface area contributed by atoms with Crippen LogP contribution in [0.4, 0.5) is 18.9 Å². The van der Waals surface area contributed by atoms with Gasteiger partial charge in [-0.15, -0.1) is 0 Å². The van der Waals surface area contributed by atoms with E-state index in [1.54, 1.807) is 12.1 Å². The van der Waals surface area contributed by atoms with Gasteiger partial charge in [-0.25, -0.2) is 18.2 Å². The van der Waals surface area contributed by atoms with Gasteiger partial charge in [-0.1, -0.05) is 6.07 Å². The molecule has 3 N–H and O–H groups in total. The number of nitrogens with one attached hydrogen (secondary N) is 1. The zero-order valence-corrected chi connectivity index (χ0v) is 15.3. The van der Waals surface area contributed by atoms with Crippen LogP contribution in [0.25, 0.3) is 0 Å². The summed E-state index contributed by atoms with van der Waals surface area (Å²) < 4.78 is 44.0. The Balaban J connectivity index is 1.65. The van der Waals surface area contributed by atoms with Crippen LogP contribution in [0, 0.1) is 11.3 Å². The quantitative estimate of drug-likeness (QED) is 0.810. The summed E-state index contributed by atoms with van der Waals surface area (Å²) in [5, 5.41) is 11.4. The molecule has 29 heavy (non-hydrogen) atoms. The Bertz CT molecular complexity index is 1090. The molecule has 1 aromatic heterocycles. The van der Waals surface area contributed by atoms with Gasteiger partial charge in [0.25, 0.3) is 11.8 Å². The summed E-state index contributed by atoms with van der Waals surface area (Å²) in [5.41, 5.74) is 2.83. The fraction of sp³-hybridized carbons (Fsp3) is 0.300. The number of hydrogen-bond acceptors (Lipinski definition) is 5. The van der Waals surface area contributed by atoms with Gasteiger partial charge >= 0.3 is 0 Å². The van der Waals surface area contributed by atoms with Gasteiger partial charge in [0, 0.05) is 18.3 Å². The van der Waals surface area contributed by atoms with Crippen molar-refractivity contribution < 1.29 is 18.0 Å². The van der Waals surface area contributed by atoms with E-state index in [1.807, 2.05) is 6.07 Å². The van der Waals surface area contributed by atoms with Crippen molar-refractivity contribution in [1.82, 2.24) is 4.98 Å². The summed E-state index contributed by atoms with van der Waals surface area (Å²) in [6.45, 7) is 0.993. The van der Waals surface area contributed by atoms with Crippen molar-refractivity contribution >= 4 is 17.4 Å². The number of amidine groups is 1. The van der Waals surface area contributed by atoms with Gasteiger partial charge in [0.15, 0.2) is 11.2 Å². The Kier molecular flexibility index (Phi) is 3.94. The van der Waals surface area contributed by atoms with Crippen molar-refractivity contribution in [3.8, 4) is 6.07 Å². The molecule has 148 valence electrons. The van der Waals surface area contributed by atoms with Crippen LogP contribution in [0.15, 0.2) is 41.5 Å². The van der Waals surface area contributed by atoms with Gasteiger partial charge < -0.3 is 11.1 Å². The van der Waals surface area contributed by atoms with Gasteiger partial charge in [0.1, 0.15) is 17.6 Å². The second kappa shape index (κ2) is 6.04. The van der Waals surface area contributed by atoms with Crippen LogP contribution in [0.1, 0.15) is 40.5 Å². The van der Waals surface area contributed by atoms with Crippen LogP contribution in [0.2, 0.25) is 0 Å². The van der Waals surface area contributed by atoms with Crippen molar-refractivity contribution in [1.29, 1.82) is 5.26 Å². The molecule has 0 saturated heterocycles. The van der Waals surface area contributed by atoms with Crippen molar-refractivity contribution in [3.05, 3.63) is 58.9 Å². The molecule has 0 saturated carbocycles. The highest BCUT2D eigenvalue weighted by Crippen LogP contribution is 2.57. The standard InChI is InChI=1S/C20H16F3N5O/c1-18(21)10-20(22,23)19(28-17(18)25)7-12-3-4-13(6-14(12)19)27-16(29)15-5-2-11(8-24)9-26-15/h2-6,9H,7,10H2,1H3,(H2,25,28)(H,27,29)/t18-,19-/m1/s1. The third-order valence-corrected chi connectivity index (χ3v) is 5.39. The summed E-state index contributed by atoms with van der Waals surface area (Å²) >= 11 is 0. The molecule has 2 heterocycles. The molecule has 9 heteroatoms. The maximum Gasteiger partial charge on any atom is 0.280 e. The lowest BCUT2D eigenvalue weighted by Gasteiger charge is -2.50. The van der Waals surface area contributed by atoms with Gasteiger partial charge in [-0.05, 0) is 42.3 Å². The first-order chi connectivity index (χ1) is 13.6. The molecule has 1 aromatic carbocycles. The first-order valence-corrected chi connectivity index (χ1v) is 8.81. The van der Waals surface area contributed by atoms with Crippen LogP contribution in [0.5, 0.6) is 0 Å². The lowest BCUT2D eigenvalue weighted by atomic mass is 9.63. The van der Waals surface area contributed by atoms with Crippen LogP contribution < -0.4 is 11.1 Å². The number of nitrogens with zero attached hydrogens (tertiary/aromatic N) is 3. The second-order valence-electron chi connectivity index (χ2n) is 7.48. The maximum atomic E-state index is 14.9. The minimum Gasteiger partial charge on any atom is -0.385 e. The summed E-state index contributed by atoms with van der Waals surface area (Å²) in [5.74, 6) is -4.44. The first-order valence-electron chi connectivity index (χ1n) is 8.81. The number of carbonyl (C=O) groups excluding carboxylic acids is 1. The Hall–Kier alpha value is -3.41. The zero-order chi connectivity index (χ0) is 21.0. The molecule has 1 amide bonds. The summed E-state index contributed by atoms with van der Waals surface area (Å²) in [7, 11) is 0. The largest absolute Gasteiger partial charge is 0.385 e. The number of carbonyl (C=O) groups is 1. The fourth-order valence-electron chi connectivity index (χ4n) is 3.73. The summed E-state index contributed by atoms with van der Waals surface area (Å²) in [6, 6.07) is 9.35. The van der Waals surface area contributed by atoms with Crippen molar-refractivity contribution in [2.45, 2.75) is 36.9 Å². The monoisotopic (exact) mass is 399 g/mol.